The largest absolute Gasteiger partial charge is 0.487 e. The third-order valence-electron chi connectivity index (χ3n) is 9.20. The predicted molar refractivity (Wildman–Crippen MR) is 264 cm³/mol. The van der Waals surface area contributed by atoms with Gasteiger partial charge in [0.05, 0.1) is 0 Å². The van der Waals surface area contributed by atoms with Gasteiger partial charge in [-0.2, -0.15) is 0 Å². The van der Waals surface area contributed by atoms with Crippen LogP contribution in [0.4, 0.5) is 0 Å². The summed E-state index contributed by atoms with van der Waals surface area (Å²) in [6.07, 6.45) is 6.48. The maximum Gasteiger partial charge on any atom is 0.165 e. The number of hydrogen-bond acceptors (Lipinski definition) is 6. The first-order valence-electron chi connectivity index (χ1n) is 22.4. The quantitative estimate of drug-likeness (QED) is 0.176. The van der Waals surface area contributed by atoms with Crippen LogP contribution in [0.1, 0.15) is 158 Å². The maximum atomic E-state index is 5.95. The van der Waals surface area contributed by atoms with Gasteiger partial charge in [0.1, 0.15) is 47.1 Å². The van der Waals surface area contributed by atoms with E-state index in [2.05, 4.69) is 90.1 Å². The van der Waals surface area contributed by atoms with E-state index in [1.807, 2.05) is 133 Å². The second-order valence-electron chi connectivity index (χ2n) is 16.6. The van der Waals surface area contributed by atoms with Crippen LogP contribution < -0.4 is 28.4 Å². The molecule has 0 saturated heterocycles. The monoisotopic (exact) mass is 843 g/mol. The molecule has 6 heteroatoms. The van der Waals surface area contributed by atoms with E-state index in [4.69, 9.17) is 28.4 Å². The molecule has 0 radical (unpaired) electrons. The molecule has 4 aliphatic heterocycles. The van der Waals surface area contributed by atoms with Crippen LogP contribution in [0.5, 0.6) is 34.5 Å². The van der Waals surface area contributed by atoms with Gasteiger partial charge in [-0.15, -0.1) is 0 Å². The smallest absolute Gasteiger partial charge is 0.165 e. The van der Waals surface area contributed by atoms with Gasteiger partial charge in [-0.05, 0) is 142 Å². The maximum absolute atomic E-state index is 5.95. The van der Waals surface area contributed by atoms with Gasteiger partial charge in [0.15, 0.2) is 23.0 Å². The molecule has 0 spiro atoms. The summed E-state index contributed by atoms with van der Waals surface area (Å²) >= 11 is 0. The molecule has 4 heterocycles. The Morgan fingerprint density at radius 3 is 1.46 bits per heavy atom. The Hall–Kier alpha value is -4.58. The van der Waals surface area contributed by atoms with Gasteiger partial charge in [-0.1, -0.05) is 130 Å². The number of ether oxygens (including phenoxy) is 6. The van der Waals surface area contributed by atoms with Crippen molar-refractivity contribution in [1.82, 2.24) is 0 Å². The van der Waals surface area contributed by atoms with Crippen LogP contribution in [0, 0.1) is 27.7 Å². The van der Waals surface area contributed by atoms with Gasteiger partial charge in [-0.25, -0.2) is 0 Å². The molecule has 6 nitrogen and oxygen atoms in total. The van der Waals surface area contributed by atoms with Gasteiger partial charge in [0, 0.05) is 5.56 Å². The van der Waals surface area contributed by atoms with E-state index in [0.29, 0.717) is 13.2 Å². The summed E-state index contributed by atoms with van der Waals surface area (Å²) in [6, 6.07) is 24.5. The minimum Gasteiger partial charge on any atom is -0.487 e. The lowest BCUT2D eigenvalue weighted by molar-refractivity contribution is 0.0205. The molecule has 342 valence electrons. The molecule has 0 aliphatic carbocycles. The summed E-state index contributed by atoms with van der Waals surface area (Å²) in [6.45, 7) is 42.0. The number of rotatable bonds is 0. The lowest BCUT2D eigenvalue weighted by Crippen LogP contribution is -2.38. The molecule has 0 bridgehead atoms. The Kier molecular flexibility index (Phi) is 24.1. The first kappa shape index (κ1) is 56.4. The van der Waals surface area contributed by atoms with Gasteiger partial charge < -0.3 is 28.4 Å². The third kappa shape index (κ3) is 17.4. The summed E-state index contributed by atoms with van der Waals surface area (Å²) in [5, 5.41) is 0. The summed E-state index contributed by atoms with van der Waals surface area (Å²) in [4.78, 5) is 0. The summed E-state index contributed by atoms with van der Waals surface area (Å²) < 4.78 is 34.7. The van der Waals surface area contributed by atoms with Crippen LogP contribution in [0.2, 0.25) is 0 Å². The van der Waals surface area contributed by atoms with Crippen molar-refractivity contribution in [3.63, 3.8) is 0 Å². The van der Waals surface area contributed by atoms with Gasteiger partial charge in [0.25, 0.3) is 0 Å². The molecule has 0 aromatic heterocycles. The fourth-order valence-corrected chi connectivity index (χ4v) is 6.24. The zero-order valence-electron chi connectivity index (χ0n) is 41.4. The SMILES string of the molecule is C.CC.CC.CC.CC.Cc1cccc2c1OC(C)(C)C=C2.Cc1cccc2c1OC(C)(C)CC2.Cc1cccc2c1OC(C)(C)CO2.Cc1cccc2c1OCC(C)(C)O2. The fourth-order valence-electron chi connectivity index (χ4n) is 6.24. The fraction of sp³-hybridized carbons (Fsp3) is 0.527. The Balaban J connectivity index is 0.000000741. The molecule has 4 aromatic carbocycles. The Labute approximate surface area is 374 Å². The van der Waals surface area contributed by atoms with E-state index in [-0.39, 0.29) is 29.8 Å². The molecule has 0 unspecified atom stereocenters. The average Bonchev–Trinajstić information content (AvgIpc) is 3.22. The number of fused-ring (bicyclic) bond motifs is 4. The van der Waals surface area contributed by atoms with E-state index in [1.165, 1.54) is 22.3 Å². The number of aryl methyl sites for hydroxylation is 5. The van der Waals surface area contributed by atoms with Crippen molar-refractivity contribution in [3.05, 3.63) is 112 Å². The molecule has 0 atom stereocenters. The zero-order chi connectivity index (χ0) is 45.9. The number of para-hydroxylation sites is 4. The van der Waals surface area contributed by atoms with Gasteiger partial charge >= 0.3 is 0 Å². The summed E-state index contributed by atoms with van der Waals surface area (Å²) in [7, 11) is 0. The highest BCUT2D eigenvalue weighted by atomic mass is 16.6. The van der Waals surface area contributed by atoms with Crippen LogP contribution in [0.15, 0.2) is 78.9 Å². The third-order valence-corrected chi connectivity index (χ3v) is 9.20. The van der Waals surface area contributed by atoms with Crippen molar-refractivity contribution in [2.45, 2.75) is 181 Å². The van der Waals surface area contributed by atoms with Gasteiger partial charge in [0.2, 0.25) is 0 Å². The summed E-state index contributed by atoms with van der Waals surface area (Å²) in [5.74, 6) is 5.63. The van der Waals surface area contributed by atoms with Crippen molar-refractivity contribution in [3.8, 4) is 34.5 Å². The van der Waals surface area contributed by atoms with E-state index in [0.717, 1.165) is 58.5 Å². The standard InChI is InChI=1S/C12H16O.C12H14O.2C11H14O2.4C2H6.CH4/c2*1-9-5-4-6-10-7-8-12(2,3)13-11(9)10;1-8-5-4-6-9-10(8)12-7-11(2,3)13-9;1-8-5-4-6-9-10(8)13-11(2,3)7-12-9;4*1-2;/h4-6H,7-8H2,1-3H3;4-8H,1-3H3;2*4-6H,7H2,1-3H3;4*1-2H3;1H4. The van der Waals surface area contributed by atoms with E-state index >= 15 is 0 Å². The minimum absolute atomic E-state index is 0. The molecule has 0 saturated carbocycles. The van der Waals surface area contributed by atoms with Crippen LogP contribution in [0.25, 0.3) is 6.08 Å². The lowest BCUT2D eigenvalue weighted by Gasteiger charge is -2.33. The highest BCUT2D eigenvalue weighted by Gasteiger charge is 2.30. The molecule has 0 fully saturated rings. The molecule has 0 amide bonds. The molecule has 8 rings (SSSR count). The van der Waals surface area contributed by atoms with Crippen LogP contribution in [-0.4, -0.2) is 35.6 Å². The Morgan fingerprint density at radius 2 is 0.869 bits per heavy atom. The van der Waals surface area contributed by atoms with E-state index < -0.39 is 0 Å². The molecule has 61 heavy (non-hydrogen) atoms. The zero-order valence-corrected chi connectivity index (χ0v) is 41.4. The molecule has 0 N–H and O–H groups in total. The van der Waals surface area contributed by atoms with Crippen LogP contribution in [-0.2, 0) is 6.42 Å². The Bertz CT molecular complexity index is 1830. The molecular formula is C55H86O6. The molecule has 4 aliphatic rings. The second kappa shape index (κ2) is 26.0. The van der Waals surface area contributed by atoms with Crippen molar-refractivity contribution in [2.75, 3.05) is 13.2 Å². The van der Waals surface area contributed by atoms with Crippen molar-refractivity contribution < 1.29 is 28.4 Å². The highest BCUT2D eigenvalue weighted by molar-refractivity contribution is 5.63. The van der Waals surface area contributed by atoms with Crippen molar-refractivity contribution in [2.24, 2.45) is 0 Å². The lowest BCUT2D eigenvalue weighted by atomic mass is 9.93. The first-order valence-corrected chi connectivity index (χ1v) is 22.4. The van der Waals surface area contributed by atoms with Crippen molar-refractivity contribution >= 4 is 6.08 Å². The van der Waals surface area contributed by atoms with Crippen LogP contribution in [0.3, 0.4) is 0 Å². The predicted octanol–water partition coefficient (Wildman–Crippen LogP) is 16.1. The number of benzene rings is 4. The Morgan fingerprint density at radius 1 is 0.426 bits per heavy atom. The highest BCUT2D eigenvalue weighted by Crippen LogP contribution is 2.39. The number of hydrogen-bond donors (Lipinski definition) is 0. The van der Waals surface area contributed by atoms with Crippen LogP contribution >= 0.6 is 0 Å². The minimum atomic E-state index is -0.209. The van der Waals surface area contributed by atoms with E-state index in [1.54, 1.807) is 0 Å². The summed E-state index contributed by atoms with van der Waals surface area (Å²) in [5.41, 5.74) is 6.69. The topological polar surface area (TPSA) is 55.4 Å². The first-order chi connectivity index (χ1) is 28.3. The van der Waals surface area contributed by atoms with Crippen molar-refractivity contribution in [1.29, 1.82) is 0 Å². The molecular weight excluding hydrogens is 757 g/mol. The van der Waals surface area contributed by atoms with Gasteiger partial charge in [-0.3, -0.25) is 0 Å². The average molecular weight is 843 g/mol. The van der Waals surface area contributed by atoms with E-state index in [9.17, 15) is 0 Å². The molecule has 4 aromatic rings. The normalized spacial score (nSPS) is 16.1. The second-order valence-corrected chi connectivity index (χ2v) is 16.6.